The number of aromatic nitrogens is 2. The summed E-state index contributed by atoms with van der Waals surface area (Å²) in [5.41, 5.74) is 7.44. The number of hydrogen-bond acceptors (Lipinski definition) is 8. The van der Waals surface area contributed by atoms with Gasteiger partial charge in [-0.2, -0.15) is 0 Å². The summed E-state index contributed by atoms with van der Waals surface area (Å²) in [6.07, 6.45) is 0.254. The topological polar surface area (TPSA) is 131 Å². The number of fused-ring (bicyclic) bond motifs is 1. The molecule has 0 aliphatic carbocycles. The van der Waals surface area contributed by atoms with Crippen molar-refractivity contribution in [3.05, 3.63) is 161 Å². The number of carboxylic acids is 1. The molecule has 0 spiro atoms. The predicted molar refractivity (Wildman–Crippen MR) is 200 cm³/mol. The van der Waals surface area contributed by atoms with E-state index in [4.69, 9.17) is 9.47 Å². The first-order valence-corrected chi connectivity index (χ1v) is 18.0. The molecule has 2 heterocycles. The number of carbonyl (C=O) groups is 2. The summed E-state index contributed by atoms with van der Waals surface area (Å²) in [7, 11) is 0. The summed E-state index contributed by atoms with van der Waals surface area (Å²) in [6.45, 7) is 2.34. The standard InChI is InChI=1S/C42H37N3O6S/c1-26-37(25-52-38-13-7-4-10-33(38)41(48)49)50-42(51-39(26)29-16-14-27(24-46)15-17-29)30-20-18-28(19-21-30)32-9-3-2-8-31(32)22-44-40(47)36-23-43-34-11-5-6-12-35(34)45-36/h2-21,23,26,37,39,42,46H,22,24-25H2,1H3,(H,44,47)(H,48,49)/t26-,37+,39+,42+/m0/s1. The molecule has 0 saturated carbocycles. The highest BCUT2D eigenvalue weighted by atomic mass is 32.2. The molecule has 6 aromatic rings. The minimum atomic E-state index is -0.966. The molecule has 0 unspecified atom stereocenters. The van der Waals surface area contributed by atoms with Gasteiger partial charge in [0.05, 0.1) is 41.6 Å². The van der Waals surface area contributed by atoms with Gasteiger partial charge < -0.3 is 25.0 Å². The van der Waals surface area contributed by atoms with Gasteiger partial charge in [0.2, 0.25) is 0 Å². The zero-order valence-corrected chi connectivity index (χ0v) is 29.2. The van der Waals surface area contributed by atoms with Crippen molar-refractivity contribution in [3.63, 3.8) is 0 Å². The number of carbonyl (C=O) groups excluding carboxylic acids is 1. The van der Waals surface area contributed by atoms with Gasteiger partial charge in [0, 0.05) is 28.7 Å². The second kappa shape index (κ2) is 15.9. The zero-order chi connectivity index (χ0) is 36.0. The number of aliphatic hydroxyl groups is 1. The van der Waals surface area contributed by atoms with E-state index in [2.05, 4.69) is 22.2 Å². The van der Waals surface area contributed by atoms with Crippen LogP contribution in [0.1, 0.15) is 62.4 Å². The van der Waals surface area contributed by atoms with Crippen molar-refractivity contribution in [3.8, 4) is 11.1 Å². The molecule has 9 nitrogen and oxygen atoms in total. The first kappa shape index (κ1) is 35.0. The van der Waals surface area contributed by atoms with E-state index in [9.17, 15) is 19.8 Å². The molecule has 52 heavy (non-hydrogen) atoms. The van der Waals surface area contributed by atoms with E-state index >= 15 is 0 Å². The van der Waals surface area contributed by atoms with Crippen LogP contribution >= 0.6 is 11.8 Å². The number of amides is 1. The van der Waals surface area contributed by atoms with Gasteiger partial charge in [0.15, 0.2) is 6.29 Å². The fourth-order valence-corrected chi connectivity index (χ4v) is 7.57. The van der Waals surface area contributed by atoms with Crippen LogP contribution in [0.4, 0.5) is 0 Å². The van der Waals surface area contributed by atoms with Crippen LogP contribution < -0.4 is 5.32 Å². The number of ether oxygens (including phenoxy) is 2. The van der Waals surface area contributed by atoms with E-state index in [0.717, 1.165) is 38.9 Å². The van der Waals surface area contributed by atoms with Crippen molar-refractivity contribution in [1.82, 2.24) is 15.3 Å². The molecule has 5 aromatic carbocycles. The molecule has 1 fully saturated rings. The van der Waals surface area contributed by atoms with Crippen LogP contribution in [0.15, 0.2) is 132 Å². The summed E-state index contributed by atoms with van der Waals surface area (Å²) >= 11 is 1.46. The lowest BCUT2D eigenvalue weighted by Gasteiger charge is -2.41. The lowest BCUT2D eigenvalue weighted by molar-refractivity contribution is -0.268. The quantitative estimate of drug-likeness (QED) is 0.114. The zero-order valence-electron chi connectivity index (χ0n) is 28.4. The number of carboxylic acid groups (broad SMARTS) is 1. The third-order valence-electron chi connectivity index (χ3n) is 9.28. The third-order valence-corrected chi connectivity index (χ3v) is 10.4. The van der Waals surface area contributed by atoms with E-state index in [-0.39, 0.29) is 41.9 Å². The molecule has 0 bridgehead atoms. The van der Waals surface area contributed by atoms with E-state index in [1.54, 1.807) is 12.1 Å². The Morgan fingerprint density at radius 2 is 1.50 bits per heavy atom. The minimum Gasteiger partial charge on any atom is -0.478 e. The van der Waals surface area contributed by atoms with Gasteiger partial charge in [-0.3, -0.25) is 9.78 Å². The fraction of sp³-hybridized carbons (Fsp3) is 0.190. The number of benzene rings is 5. The summed E-state index contributed by atoms with van der Waals surface area (Å²) in [4.78, 5) is 34.4. The highest BCUT2D eigenvalue weighted by Crippen LogP contribution is 2.43. The molecule has 1 aromatic heterocycles. The molecule has 0 radical (unpaired) electrons. The van der Waals surface area contributed by atoms with Gasteiger partial charge >= 0.3 is 5.97 Å². The maximum atomic E-state index is 13.0. The first-order valence-electron chi connectivity index (χ1n) is 17.0. The Bertz CT molecular complexity index is 2190. The van der Waals surface area contributed by atoms with E-state index < -0.39 is 12.3 Å². The van der Waals surface area contributed by atoms with E-state index in [1.165, 1.54) is 18.0 Å². The van der Waals surface area contributed by atoms with Crippen molar-refractivity contribution in [2.45, 2.75) is 43.5 Å². The van der Waals surface area contributed by atoms with Gasteiger partial charge in [-0.05, 0) is 52.1 Å². The minimum absolute atomic E-state index is 0.0453. The molecular weight excluding hydrogens is 675 g/mol. The number of aliphatic hydroxyl groups excluding tert-OH is 1. The Labute approximate surface area is 305 Å². The number of nitrogens with one attached hydrogen (secondary N) is 1. The lowest BCUT2D eigenvalue weighted by atomic mass is 9.91. The molecule has 1 saturated heterocycles. The summed E-state index contributed by atoms with van der Waals surface area (Å²) in [5, 5.41) is 22.3. The fourth-order valence-electron chi connectivity index (χ4n) is 6.36. The monoisotopic (exact) mass is 711 g/mol. The highest BCUT2D eigenvalue weighted by Gasteiger charge is 2.38. The second-order valence-corrected chi connectivity index (χ2v) is 13.7. The summed E-state index contributed by atoms with van der Waals surface area (Å²) < 4.78 is 13.3. The van der Waals surface area contributed by atoms with Crippen LogP contribution in [0.3, 0.4) is 0 Å². The average Bonchev–Trinajstić information content (AvgIpc) is 3.19. The van der Waals surface area contributed by atoms with Gasteiger partial charge in [0.1, 0.15) is 5.69 Å². The maximum absolute atomic E-state index is 13.0. The predicted octanol–water partition coefficient (Wildman–Crippen LogP) is 8.00. The van der Waals surface area contributed by atoms with Crippen LogP contribution in [-0.4, -0.2) is 43.9 Å². The summed E-state index contributed by atoms with van der Waals surface area (Å²) in [6, 6.07) is 38.1. The Balaban J connectivity index is 1.10. The molecular formula is C42H37N3O6S. The molecule has 10 heteroatoms. The van der Waals surface area contributed by atoms with Crippen molar-refractivity contribution in [2.24, 2.45) is 5.92 Å². The molecule has 1 amide bonds. The normalized spacial score (nSPS) is 18.6. The average molecular weight is 712 g/mol. The molecule has 1 aliphatic heterocycles. The van der Waals surface area contributed by atoms with E-state index in [1.807, 2.05) is 109 Å². The van der Waals surface area contributed by atoms with Crippen LogP contribution in [0.25, 0.3) is 22.2 Å². The van der Waals surface area contributed by atoms with Gasteiger partial charge in [-0.15, -0.1) is 11.8 Å². The summed E-state index contributed by atoms with van der Waals surface area (Å²) in [5.74, 6) is -0.794. The van der Waals surface area contributed by atoms with Crippen LogP contribution in [-0.2, 0) is 22.6 Å². The van der Waals surface area contributed by atoms with Crippen LogP contribution in [0, 0.1) is 5.92 Å². The first-order chi connectivity index (χ1) is 25.4. The SMILES string of the molecule is C[C@H]1[C@@H](CSc2ccccc2C(=O)O)O[C@@H](c2ccc(-c3ccccc3CNC(=O)c3cnc4ccccc4n3)cc2)O[C@H]1c1ccc(CO)cc1. The van der Waals surface area contributed by atoms with E-state index in [0.29, 0.717) is 22.7 Å². The number of hydrogen-bond donors (Lipinski definition) is 3. The van der Waals surface area contributed by atoms with Crippen molar-refractivity contribution < 1.29 is 29.3 Å². The number of rotatable bonds is 11. The molecule has 1 aliphatic rings. The van der Waals surface area contributed by atoms with Crippen LogP contribution in [0.2, 0.25) is 0 Å². The molecule has 4 atom stereocenters. The Morgan fingerprint density at radius 3 is 2.27 bits per heavy atom. The lowest BCUT2D eigenvalue weighted by Crippen LogP contribution is -2.38. The smallest absolute Gasteiger partial charge is 0.336 e. The van der Waals surface area contributed by atoms with Crippen LogP contribution in [0.5, 0.6) is 0 Å². The number of thioether (sulfide) groups is 1. The number of para-hydroxylation sites is 2. The Kier molecular flexibility index (Phi) is 10.7. The van der Waals surface area contributed by atoms with Crippen molar-refractivity contribution in [1.29, 1.82) is 0 Å². The van der Waals surface area contributed by atoms with Crippen molar-refractivity contribution in [2.75, 3.05) is 5.75 Å². The molecule has 262 valence electrons. The Morgan fingerprint density at radius 1 is 0.808 bits per heavy atom. The Hall–Kier alpha value is -5.39. The highest BCUT2D eigenvalue weighted by molar-refractivity contribution is 7.99. The number of nitrogens with zero attached hydrogens (tertiary/aromatic N) is 2. The number of aromatic carboxylic acids is 1. The largest absolute Gasteiger partial charge is 0.478 e. The maximum Gasteiger partial charge on any atom is 0.336 e. The van der Waals surface area contributed by atoms with Gasteiger partial charge in [0.25, 0.3) is 5.91 Å². The van der Waals surface area contributed by atoms with Crippen molar-refractivity contribution >= 4 is 34.7 Å². The molecule has 7 rings (SSSR count). The third kappa shape index (κ3) is 7.75. The molecule has 3 N–H and O–H groups in total. The second-order valence-electron chi connectivity index (χ2n) is 12.6. The van der Waals surface area contributed by atoms with Gasteiger partial charge in [-0.1, -0.05) is 104 Å². The van der Waals surface area contributed by atoms with Gasteiger partial charge in [-0.25, -0.2) is 9.78 Å².